The fraction of sp³-hybridized carbons (Fsp3) is 0.115. The number of hydrogen-bond acceptors (Lipinski definition) is 6. The third kappa shape index (κ3) is 5.17. The molecule has 0 radical (unpaired) electrons. The van der Waals surface area contributed by atoms with Gasteiger partial charge in [-0.2, -0.15) is 4.98 Å². The van der Waals surface area contributed by atoms with Crippen LogP contribution in [0.4, 0.5) is 5.69 Å². The zero-order valence-corrected chi connectivity index (χ0v) is 21.1. The standard InChI is InChI=1S/C26H22ClN5O3S/c1-17-3-8-20(9-4-17)25-29-26(35-30-25)24-15-32(16-28-24)14-19-6-10-21(11-7-19)31-36(33,34)22-12-5-18(2)23(27)13-22/h3-13,15-16,31H,14H2,1-2H3. The van der Waals surface area contributed by atoms with Crippen molar-refractivity contribution in [3.05, 3.63) is 101 Å². The molecule has 2 aromatic heterocycles. The number of benzene rings is 3. The van der Waals surface area contributed by atoms with Gasteiger partial charge in [-0.25, -0.2) is 13.4 Å². The Hall–Kier alpha value is -3.95. The third-order valence-electron chi connectivity index (χ3n) is 5.61. The maximum Gasteiger partial charge on any atom is 0.278 e. The number of anilines is 1. The van der Waals surface area contributed by atoms with Crippen LogP contribution in [-0.2, 0) is 16.6 Å². The van der Waals surface area contributed by atoms with Crippen molar-refractivity contribution >= 4 is 27.3 Å². The highest BCUT2D eigenvalue weighted by molar-refractivity contribution is 7.92. The van der Waals surface area contributed by atoms with Gasteiger partial charge in [0.15, 0.2) is 0 Å². The first-order chi connectivity index (χ1) is 17.3. The molecule has 0 spiro atoms. The molecule has 0 amide bonds. The Bertz CT molecular complexity index is 1630. The first kappa shape index (κ1) is 23.8. The smallest absolute Gasteiger partial charge is 0.278 e. The van der Waals surface area contributed by atoms with Crippen LogP contribution >= 0.6 is 11.6 Å². The number of nitrogens with zero attached hydrogens (tertiary/aromatic N) is 4. The van der Waals surface area contributed by atoms with E-state index in [1.807, 2.05) is 61.0 Å². The normalized spacial score (nSPS) is 11.5. The number of aryl methyl sites for hydroxylation is 2. The molecule has 3 aromatic carbocycles. The van der Waals surface area contributed by atoms with Crippen molar-refractivity contribution in [2.75, 3.05) is 4.72 Å². The van der Waals surface area contributed by atoms with Crippen LogP contribution in [0.1, 0.15) is 16.7 Å². The van der Waals surface area contributed by atoms with Crippen LogP contribution in [-0.4, -0.2) is 28.1 Å². The van der Waals surface area contributed by atoms with Gasteiger partial charge in [0.1, 0.15) is 5.69 Å². The monoisotopic (exact) mass is 519 g/mol. The molecule has 2 heterocycles. The summed E-state index contributed by atoms with van der Waals surface area (Å²) < 4.78 is 35.2. The molecular weight excluding hydrogens is 498 g/mol. The van der Waals surface area contributed by atoms with Crippen LogP contribution in [0.5, 0.6) is 0 Å². The number of halogens is 1. The second-order valence-corrected chi connectivity index (χ2v) is 10.5. The second-order valence-electron chi connectivity index (χ2n) is 8.43. The Morgan fingerprint density at radius 1 is 1.00 bits per heavy atom. The Morgan fingerprint density at radius 2 is 1.75 bits per heavy atom. The van der Waals surface area contributed by atoms with E-state index in [1.54, 1.807) is 24.5 Å². The predicted octanol–water partition coefficient (Wildman–Crippen LogP) is 5.72. The third-order valence-corrected chi connectivity index (χ3v) is 7.40. The molecule has 0 fully saturated rings. The summed E-state index contributed by atoms with van der Waals surface area (Å²) >= 11 is 6.08. The molecule has 8 nitrogen and oxygen atoms in total. The average Bonchev–Trinajstić information content (AvgIpc) is 3.52. The maximum absolute atomic E-state index is 12.7. The van der Waals surface area contributed by atoms with E-state index in [0.29, 0.717) is 34.7 Å². The lowest BCUT2D eigenvalue weighted by Gasteiger charge is -2.10. The van der Waals surface area contributed by atoms with Crippen molar-refractivity contribution < 1.29 is 12.9 Å². The minimum absolute atomic E-state index is 0.111. The molecule has 0 atom stereocenters. The number of rotatable bonds is 7. The van der Waals surface area contributed by atoms with Crippen LogP contribution in [0.2, 0.25) is 5.02 Å². The van der Waals surface area contributed by atoms with Crippen molar-refractivity contribution in [1.82, 2.24) is 19.7 Å². The summed E-state index contributed by atoms with van der Waals surface area (Å²) in [6.07, 6.45) is 3.51. The molecule has 0 saturated heterocycles. The summed E-state index contributed by atoms with van der Waals surface area (Å²) in [6, 6.07) is 19.7. The minimum Gasteiger partial charge on any atom is -0.332 e. The quantitative estimate of drug-likeness (QED) is 0.295. The van der Waals surface area contributed by atoms with Gasteiger partial charge in [-0.15, -0.1) is 0 Å². The second kappa shape index (κ2) is 9.60. The van der Waals surface area contributed by atoms with Gasteiger partial charge in [-0.3, -0.25) is 4.72 Å². The molecule has 5 rings (SSSR count). The highest BCUT2D eigenvalue weighted by Crippen LogP contribution is 2.24. The Kier molecular flexibility index (Phi) is 6.34. The molecule has 0 aliphatic heterocycles. The summed E-state index contributed by atoms with van der Waals surface area (Å²) in [5, 5.41) is 4.46. The lowest BCUT2D eigenvalue weighted by atomic mass is 10.1. The number of nitrogens with one attached hydrogen (secondary N) is 1. The van der Waals surface area contributed by atoms with Gasteiger partial charge in [0.25, 0.3) is 15.9 Å². The van der Waals surface area contributed by atoms with Crippen LogP contribution in [0.15, 0.2) is 88.7 Å². The van der Waals surface area contributed by atoms with Crippen molar-refractivity contribution in [3.8, 4) is 23.0 Å². The molecule has 10 heteroatoms. The first-order valence-electron chi connectivity index (χ1n) is 11.1. The molecule has 5 aromatic rings. The number of hydrogen-bond donors (Lipinski definition) is 1. The molecule has 36 heavy (non-hydrogen) atoms. The highest BCUT2D eigenvalue weighted by atomic mass is 35.5. The zero-order valence-electron chi connectivity index (χ0n) is 19.5. The molecular formula is C26H22ClN5O3S. The SMILES string of the molecule is Cc1ccc(-c2noc(-c3cn(Cc4ccc(NS(=O)(=O)c5ccc(C)c(Cl)c5)cc4)cn3)n2)cc1. The van der Waals surface area contributed by atoms with Crippen LogP contribution in [0, 0.1) is 13.8 Å². The fourth-order valence-electron chi connectivity index (χ4n) is 3.55. The van der Waals surface area contributed by atoms with Crippen molar-refractivity contribution in [1.29, 1.82) is 0 Å². The van der Waals surface area contributed by atoms with Gasteiger partial charge < -0.3 is 9.09 Å². The van der Waals surface area contributed by atoms with E-state index in [9.17, 15) is 8.42 Å². The molecule has 0 bridgehead atoms. The van der Waals surface area contributed by atoms with E-state index in [4.69, 9.17) is 16.1 Å². The van der Waals surface area contributed by atoms with Crippen molar-refractivity contribution in [3.63, 3.8) is 0 Å². The maximum atomic E-state index is 12.7. The number of aromatic nitrogens is 4. The van der Waals surface area contributed by atoms with Gasteiger partial charge in [-0.1, -0.05) is 64.8 Å². The van der Waals surface area contributed by atoms with E-state index < -0.39 is 10.0 Å². The Balaban J connectivity index is 1.25. The molecule has 0 saturated carbocycles. The molecule has 182 valence electrons. The zero-order chi connectivity index (χ0) is 25.3. The topological polar surface area (TPSA) is 103 Å². The van der Waals surface area contributed by atoms with Gasteiger partial charge in [0.05, 0.1) is 11.2 Å². The van der Waals surface area contributed by atoms with Crippen molar-refractivity contribution in [2.24, 2.45) is 0 Å². The summed E-state index contributed by atoms with van der Waals surface area (Å²) in [6.45, 7) is 4.37. The molecule has 1 N–H and O–H groups in total. The number of imidazole rings is 1. The number of sulfonamides is 1. The van der Waals surface area contributed by atoms with E-state index in [2.05, 4.69) is 19.8 Å². The molecule has 0 unspecified atom stereocenters. The lowest BCUT2D eigenvalue weighted by Crippen LogP contribution is -2.13. The average molecular weight is 520 g/mol. The summed E-state index contributed by atoms with van der Waals surface area (Å²) in [7, 11) is -3.74. The van der Waals surface area contributed by atoms with Crippen LogP contribution < -0.4 is 4.72 Å². The van der Waals surface area contributed by atoms with E-state index in [0.717, 1.165) is 22.3 Å². The highest BCUT2D eigenvalue weighted by Gasteiger charge is 2.16. The lowest BCUT2D eigenvalue weighted by molar-refractivity contribution is 0.431. The van der Waals surface area contributed by atoms with Gasteiger partial charge in [0, 0.05) is 29.0 Å². The summed E-state index contributed by atoms with van der Waals surface area (Å²) in [5.74, 6) is 0.843. The minimum atomic E-state index is -3.74. The van der Waals surface area contributed by atoms with Crippen LogP contribution in [0.25, 0.3) is 23.0 Å². The van der Waals surface area contributed by atoms with E-state index in [-0.39, 0.29) is 4.90 Å². The summed E-state index contributed by atoms with van der Waals surface area (Å²) in [4.78, 5) is 8.95. The van der Waals surface area contributed by atoms with Gasteiger partial charge >= 0.3 is 0 Å². The predicted molar refractivity (Wildman–Crippen MR) is 138 cm³/mol. The van der Waals surface area contributed by atoms with Gasteiger partial charge in [0.2, 0.25) is 5.82 Å². The van der Waals surface area contributed by atoms with Crippen LogP contribution in [0.3, 0.4) is 0 Å². The fourth-order valence-corrected chi connectivity index (χ4v) is 4.88. The first-order valence-corrected chi connectivity index (χ1v) is 12.9. The van der Waals surface area contributed by atoms with E-state index in [1.165, 1.54) is 12.1 Å². The Labute approximate surface area is 213 Å². The molecule has 0 aliphatic rings. The Morgan fingerprint density at radius 3 is 2.47 bits per heavy atom. The summed E-state index contributed by atoms with van der Waals surface area (Å²) in [5.41, 5.74) is 4.83. The molecule has 0 aliphatic carbocycles. The largest absolute Gasteiger partial charge is 0.332 e. The van der Waals surface area contributed by atoms with Crippen molar-refractivity contribution in [2.45, 2.75) is 25.3 Å². The van der Waals surface area contributed by atoms with Gasteiger partial charge in [-0.05, 0) is 49.2 Å². The van der Waals surface area contributed by atoms with E-state index >= 15 is 0 Å².